The maximum Gasteiger partial charge on any atom is 0.0340 e. The lowest BCUT2D eigenvalue weighted by atomic mass is 9.94. The zero-order valence-corrected chi connectivity index (χ0v) is 12.4. The predicted molar refractivity (Wildman–Crippen MR) is 76.5 cm³/mol. The second kappa shape index (κ2) is 5.00. The first-order valence-corrected chi connectivity index (χ1v) is 8.14. The molecular weight excluding hydrogens is 296 g/mol. The third kappa shape index (κ3) is 2.60. The Bertz CT molecular complexity index is 385. The third-order valence-corrected chi connectivity index (χ3v) is 5.98. The number of piperazine rings is 1. The molecule has 2 heterocycles. The summed E-state index contributed by atoms with van der Waals surface area (Å²) in [5.74, 6) is 0. The molecule has 1 aromatic heterocycles. The molecule has 4 heteroatoms. The molecule has 0 radical (unpaired) electrons. The van der Waals surface area contributed by atoms with Crippen LogP contribution in [0.4, 0.5) is 0 Å². The van der Waals surface area contributed by atoms with Gasteiger partial charge in [0.05, 0.1) is 0 Å². The molecule has 0 amide bonds. The molecule has 1 aliphatic carbocycles. The van der Waals surface area contributed by atoms with Crippen LogP contribution in [0.15, 0.2) is 15.9 Å². The third-order valence-electron chi connectivity index (χ3n) is 4.07. The first-order chi connectivity index (χ1) is 8.27. The summed E-state index contributed by atoms with van der Waals surface area (Å²) in [6, 6.07) is 2.16. The van der Waals surface area contributed by atoms with Crippen LogP contribution < -0.4 is 5.32 Å². The smallest absolute Gasteiger partial charge is 0.0340 e. The molecule has 3 rings (SSSR count). The molecule has 2 fully saturated rings. The molecule has 1 saturated heterocycles. The molecule has 1 aromatic rings. The topological polar surface area (TPSA) is 15.3 Å². The van der Waals surface area contributed by atoms with E-state index in [-0.39, 0.29) is 0 Å². The lowest BCUT2D eigenvalue weighted by molar-refractivity contribution is 0.129. The van der Waals surface area contributed by atoms with Crippen molar-refractivity contribution in [2.75, 3.05) is 19.6 Å². The molecule has 1 spiro atoms. The average molecular weight is 315 g/mol. The van der Waals surface area contributed by atoms with Gasteiger partial charge in [0.15, 0.2) is 0 Å². The van der Waals surface area contributed by atoms with Gasteiger partial charge in [0.25, 0.3) is 0 Å². The van der Waals surface area contributed by atoms with E-state index >= 15 is 0 Å². The standard InChI is InChI=1S/C13H19BrN2S/c14-11-3-8-17-12(11)9-16-7-6-15-13(10-16)4-1-2-5-13/h3,8,15H,1-2,4-7,9-10H2. The van der Waals surface area contributed by atoms with Crippen molar-refractivity contribution < 1.29 is 0 Å². The summed E-state index contributed by atoms with van der Waals surface area (Å²) < 4.78 is 1.28. The molecule has 1 N–H and O–H groups in total. The Morgan fingerprint density at radius 2 is 2.24 bits per heavy atom. The van der Waals surface area contributed by atoms with Gasteiger partial charge in [-0.15, -0.1) is 11.3 Å². The Hall–Kier alpha value is 0.1000. The summed E-state index contributed by atoms with van der Waals surface area (Å²) >= 11 is 5.50. The van der Waals surface area contributed by atoms with Crippen LogP contribution in [0.25, 0.3) is 0 Å². The molecule has 1 saturated carbocycles. The van der Waals surface area contributed by atoms with Crippen molar-refractivity contribution in [2.45, 2.75) is 37.8 Å². The van der Waals surface area contributed by atoms with Crippen molar-refractivity contribution in [1.29, 1.82) is 0 Å². The van der Waals surface area contributed by atoms with Crippen LogP contribution in [-0.4, -0.2) is 30.1 Å². The summed E-state index contributed by atoms with van der Waals surface area (Å²) in [4.78, 5) is 4.10. The minimum absolute atomic E-state index is 0.446. The number of halogens is 1. The summed E-state index contributed by atoms with van der Waals surface area (Å²) in [6.45, 7) is 4.69. The molecular formula is C13H19BrN2S. The first-order valence-electron chi connectivity index (χ1n) is 6.47. The van der Waals surface area contributed by atoms with Gasteiger partial charge in [-0.25, -0.2) is 0 Å². The molecule has 1 aliphatic heterocycles. The van der Waals surface area contributed by atoms with Gasteiger partial charge < -0.3 is 5.32 Å². The molecule has 0 unspecified atom stereocenters. The summed E-state index contributed by atoms with van der Waals surface area (Å²) in [6.07, 6.45) is 5.55. The Balaban J connectivity index is 1.66. The van der Waals surface area contributed by atoms with Gasteiger partial charge in [0.1, 0.15) is 0 Å². The van der Waals surface area contributed by atoms with Gasteiger partial charge in [-0.05, 0) is 40.2 Å². The Kier molecular flexibility index (Phi) is 3.57. The monoisotopic (exact) mass is 314 g/mol. The van der Waals surface area contributed by atoms with Crippen LogP contribution in [-0.2, 0) is 6.54 Å². The highest BCUT2D eigenvalue weighted by atomic mass is 79.9. The minimum Gasteiger partial charge on any atom is -0.309 e. The average Bonchev–Trinajstić information content (AvgIpc) is 2.91. The first kappa shape index (κ1) is 12.2. The summed E-state index contributed by atoms with van der Waals surface area (Å²) in [7, 11) is 0. The van der Waals surface area contributed by atoms with E-state index in [9.17, 15) is 0 Å². The van der Waals surface area contributed by atoms with E-state index in [1.54, 1.807) is 0 Å². The maximum atomic E-state index is 3.77. The molecule has 0 atom stereocenters. The van der Waals surface area contributed by atoms with Crippen molar-refractivity contribution in [3.63, 3.8) is 0 Å². The van der Waals surface area contributed by atoms with Gasteiger partial charge in [-0.3, -0.25) is 4.90 Å². The van der Waals surface area contributed by atoms with Crippen molar-refractivity contribution in [3.8, 4) is 0 Å². The van der Waals surface area contributed by atoms with Crippen LogP contribution in [0.3, 0.4) is 0 Å². The maximum absolute atomic E-state index is 3.77. The fourth-order valence-electron chi connectivity index (χ4n) is 3.20. The van der Waals surface area contributed by atoms with Gasteiger partial charge in [-0.1, -0.05) is 12.8 Å². The van der Waals surface area contributed by atoms with Crippen LogP contribution >= 0.6 is 27.3 Å². The fourth-order valence-corrected chi connectivity index (χ4v) is 4.72. The van der Waals surface area contributed by atoms with Crippen LogP contribution in [0, 0.1) is 0 Å². The SMILES string of the molecule is Brc1ccsc1CN1CCNC2(CCCC2)C1. The van der Waals surface area contributed by atoms with Crippen LogP contribution in [0.2, 0.25) is 0 Å². The van der Waals surface area contributed by atoms with Crippen molar-refractivity contribution in [1.82, 2.24) is 10.2 Å². The van der Waals surface area contributed by atoms with E-state index in [0.717, 1.165) is 13.1 Å². The van der Waals surface area contributed by atoms with Gasteiger partial charge in [-0.2, -0.15) is 0 Å². The number of thiophene rings is 1. The lowest BCUT2D eigenvalue weighted by Crippen LogP contribution is -2.58. The highest BCUT2D eigenvalue weighted by Crippen LogP contribution is 2.33. The quantitative estimate of drug-likeness (QED) is 0.901. The second-order valence-electron chi connectivity index (χ2n) is 5.32. The molecule has 17 heavy (non-hydrogen) atoms. The van der Waals surface area contributed by atoms with Gasteiger partial charge in [0, 0.05) is 41.1 Å². The summed E-state index contributed by atoms with van der Waals surface area (Å²) in [5.41, 5.74) is 0.446. The van der Waals surface area contributed by atoms with E-state index < -0.39 is 0 Å². The zero-order chi connectivity index (χ0) is 11.7. The van der Waals surface area contributed by atoms with Crippen molar-refractivity contribution >= 4 is 27.3 Å². The predicted octanol–water partition coefficient (Wildman–Crippen LogP) is 3.23. The normalized spacial score (nSPS) is 24.5. The Morgan fingerprint density at radius 3 is 2.94 bits per heavy atom. The number of rotatable bonds is 2. The van der Waals surface area contributed by atoms with Crippen LogP contribution in [0.1, 0.15) is 30.6 Å². The largest absolute Gasteiger partial charge is 0.309 e. The molecule has 0 aromatic carbocycles. The zero-order valence-electron chi connectivity index (χ0n) is 10.0. The fraction of sp³-hybridized carbons (Fsp3) is 0.692. The van der Waals surface area contributed by atoms with E-state index in [4.69, 9.17) is 0 Å². The minimum atomic E-state index is 0.446. The van der Waals surface area contributed by atoms with E-state index in [2.05, 4.69) is 37.6 Å². The van der Waals surface area contributed by atoms with E-state index in [1.165, 1.54) is 48.1 Å². The number of hydrogen-bond acceptors (Lipinski definition) is 3. The number of nitrogens with zero attached hydrogens (tertiary/aromatic N) is 1. The Morgan fingerprint density at radius 1 is 1.41 bits per heavy atom. The van der Waals surface area contributed by atoms with Gasteiger partial charge in [0.2, 0.25) is 0 Å². The van der Waals surface area contributed by atoms with Crippen molar-refractivity contribution in [2.24, 2.45) is 0 Å². The number of hydrogen-bond donors (Lipinski definition) is 1. The molecule has 94 valence electrons. The van der Waals surface area contributed by atoms with Gasteiger partial charge >= 0.3 is 0 Å². The molecule has 2 nitrogen and oxygen atoms in total. The lowest BCUT2D eigenvalue weighted by Gasteiger charge is -2.41. The number of nitrogens with one attached hydrogen (secondary N) is 1. The van der Waals surface area contributed by atoms with Crippen molar-refractivity contribution in [3.05, 3.63) is 20.8 Å². The van der Waals surface area contributed by atoms with E-state index in [1.807, 2.05) is 11.3 Å². The molecule has 0 bridgehead atoms. The Labute approximate surface area is 116 Å². The highest BCUT2D eigenvalue weighted by Gasteiger charge is 2.37. The summed E-state index contributed by atoms with van der Waals surface area (Å²) in [5, 5.41) is 5.94. The van der Waals surface area contributed by atoms with Crippen LogP contribution in [0.5, 0.6) is 0 Å². The highest BCUT2D eigenvalue weighted by molar-refractivity contribution is 9.10. The van der Waals surface area contributed by atoms with E-state index in [0.29, 0.717) is 5.54 Å². The molecule has 2 aliphatic rings. The second-order valence-corrected chi connectivity index (χ2v) is 7.17.